The Hall–Kier alpha value is -0.950. The molecule has 1 atom stereocenters. The van der Waals surface area contributed by atoms with Crippen LogP contribution in [0, 0.1) is 13.8 Å². The lowest BCUT2D eigenvalue weighted by Gasteiger charge is -2.46. The van der Waals surface area contributed by atoms with Gasteiger partial charge in [0.15, 0.2) is 0 Å². The molecule has 2 aliphatic rings. The first kappa shape index (κ1) is 19.8. The van der Waals surface area contributed by atoms with Gasteiger partial charge < -0.3 is 18.7 Å². The molecule has 2 saturated heterocycles. The van der Waals surface area contributed by atoms with Crippen molar-refractivity contribution < 1.29 is 18.7 Å². The summed E-state index contributed by atoms with van der Waals surface area (Å²) >= 11 is 0. The van der Waals surface area contributed by atoms with Crippen LogP contribution in [0.4, 0.5) is 0 Å². The lowest BCUT2D eigenvalue weighted by atomic mass is 9.83. The number of hydrogen-bond donors (Lipinski definition) is 0. The van der Waals surface area contributed by atoms with Crippen molar-refractivity contribution in [3.05, 3.63) is 17.0 Å². The van der Waals surface area contributed by atoms with Crippen molar-refractivity contribution >= 4 is 0 Å². The van der Waals surface area contributed by atoms with Crippen LogP contribution < -0.4 is 0 Å². The zero-order valence-corrected chi connectivity index (χ0v) is 16.8. The van der Waals surface area contributed by atoms with Crippen molar-refractivity contribution in [3.8, 4) is 0 Å². The molecule has 6 nitrogen and oxygen atoms in total. The second-order valence-corrected chi connectivity index (χ2v) is 8.02. The maximum absolute atomic E-state index is 6.24. The molecular weight excluding hydrogens is 332 g/mol. The van der Waals surface area contributed by atoms with Crippen molar-refractivity contribution in [2.24, 2.45) is 0 Å². The average Bonchev–Trinajstić information content (AvgIpc) is 2.93. The minimum Gasteiger partial charge on any atom is -0.376 e. The van der Waals surface area contributed by atoms with Gasteiger partial charge in [-0.2, -0.15) is 0 Å². The molecule has 1 unspecified atom stereocenters. The Balaban J connectivity index is 1.45. The summed E-state index contributed by atoms with van der Waals surface area (Å²) < 4.78 is 23.2. The Morgan fingerprint density at radius 3 is 2.65 bits per heavy atom. The summed E-state index contributed by atoms with van der Waals surface area (Å²) in [6.07, 6.45) is 4.70. The van der Waals surface area contributed by atoms with Crippen LogP contribution in [0.15, 0.2) is 4.52 Å². The maximum atomic E-state index is 6.24. The topological polar surface area (TPSA) is 57.0 Å². The van der Waals surface area contributed by atoms with Gasteiger partial charge in [-0.25, -0.2) is 0 Å². The molecule has 0 saturated carbocycles. The number of hydrogen-bond acceptors (Lipinski definition) is 6. The molecule has 1 spiro atoms. The zero-order valence-electron chi connectivity index (χ0n) is 16.8. The summed E-state index contributed by atoms with van der Waals surface area (Å²) in [5, 5.41) is 4.07. The zero-order chi connectivity index (χ0) is 18.6. The predicted molar refractivity (Wildman–Crippen MR) is 99.2 cm³/mol. The van der Waals surface area contributed by atoms with Crippen molar-refractivity contribution in [2.75, 3.05) is 32.9 Å². The van der Waals surface area contributed by atoms with Gasteiger partial charge in [-0.15, -0.1) is 0 Å². The summed E-state index contributed by atoms with van der Waals surface area (Å²) in [6.45, 7) is 13.3. The molecule has 1 aromatic heterocycles. The van der Waals surface area contributed by atoms with Crippen LogP contribution in [0.1, 0.15) is 56.5 Å². The SMILES string of the molecule is Cc1noc(C)c1CN1CCC2(CC1)CC(OCCOC(C)C)CCO2. The van der Waals surface area contributed by atoms with Gasteiger partial charge in [-0.3, -0.25) is 4.90 Å². The smallest absolute Gasteiger partial charge is 0.138 e. The fraction of sp³-hybridized carbons (Fsp3) is 0.850. The average molecular weight is 367 g/mol. The lowest BCUT2D eigenvalue weighted by Crippen LogP contribution is -2.50. The Kier molecular flexibility index (Phi) is 6.72. The summed E-state index contributed by atoms with van der Waals surface area (Å²) in [5.74, 6) is 0.939. The van der Waals surface area contributed by atoms with E-state index in [9.17, 15) is 0 Å². The monoisotopic (exact) mass is 366 g/mol. The highest BCUT2D eigenvalue weighted by Gasteiger charge is 2.40. The van der Waals surface area contributed by atoms with Crippen LogP contribution in [-0.2, 0) is 20.8 Å². The molecule has 0 radical (unpaired) electrons. The number of nitrogens with zero attached hydrogens (tertiary/aromatic N) is 2. The van der Waals surface area contributed by atoms with Crippen LogP contribution >= 0.6 is 0 Å². The van der Waals surface area contributed by atoms with Gasteiger partial charge in [0.2, 0.25) is 0 Å². The largest absolute Gasteiger partial charge is 0.376 e. The van der Waals surface area contributed by atoms with E-state index >= 15 is 0 Å². The number of ether oxygens (including phenoxy) is 3. The van der Waals surface area contributed by atoms with Crippen molar-refractivity contribution in [2.45, 2.75) is 77.7 Å². The molecule has 148 valence electrons. The number of aryl methyl sites for hydroxylation is 2. The fourth-order valence-corrected chi connectivity index (χ4v) is 4.04. The van der Waals surface area contributed by atoms with Crippen LogP contribution in [0.5, 0.6) is 0 Å². The highest BCUT2D eigenvalue weighted by atomic mass is 16.5. The van der Waals surface area contributed by atoms with E-state index in [1.54, 1.807) is 0 Å². The summed E-state index contributed by atoms with van der Waals surface area (Å²) in [5.41, 5.74) is 2.24. The van der Waals surface area contributed by atoms with Gasteiger partial charge >= 0.3 is 0 Å². The quantitative estimate of drug-likeness (QED) is 0.691. The van der Waals surface area contributed by atoms with Crippen LogP contribution in [0.3, 0.4) is 0 Å². The van der Waals surface area contributed by atoms with E-state index in [0.717, 1.165) is 63.4 Å². The number of likely N-dealkylation sites (tertiary alicyclic amines) is 1. The van der Waals surface area contributed by atoms with E-state index in [-0.39, 0.29) is 11.7 Å². The van der Waals surface area contributed by atoms with E-state index in [2.05, 4.69) is 23.9 Å². The normalized spacial score (nSPS) is 23.8. The highest BCUT2D eigenvalue weighted by molar-refractivity contribution is 5.20. The van der Waals surface area contributed by atoms with E-state index in [4.69, 9.17) is 18.7 Å². The first-order valence-electron chi connectivity index (χ1n) is 9.99. The Labute approximate surface area is 157 Å². The van der Waals surface area contributed by atoms with Gasteiger partial charge in [0.25, 0.3) is 0 Å². The number of aromatic nitrogens is 1. The fourth-order valence-electron chi connectivity index (χ4n) is 4.04. The first-order chi connectivity index (χ1) is 12.5. The van der Waals surface area contributed by atoms with E-state index in [1.807, 2.05) is 13.8 Å². The van der Waals surface area contributed by atoms with Gasteiger partial charge in [-0.1, -0.05) is 5.16 Å². The minimum atomic E-state index is -0.00292. The maximum Gasteiger partial charge on any atom is 0.138 e. The molecule has 26 heavy (non-hydrogen) atoms. The van der Waals surface area contributed by atoms with Gasteiger partial charge in [0, 0.05) is 38.2 Å². The molecular formula is C20H34N2O4. The predicted octanol–water partition coefficient (Wildman–Crippen LogP) is 3.25. The van der Waals surface area contributed by atoms with Crippen molar-refractivity contribution in [1.82, 2.24) is 10.1 Å². The molecule has 3 heterocycles. The second kappa shape index (κ2) is 8.83. The van der Waals surface area contributed by atoms with E-state index < -0.39 is 0 Å². The molecule has 0 aliphatic carbocycles. The number of rotatable bonds is 7. The molecule has 2 fully saturated rings. The molecule has 6 heteroatoms. The molecule has 0 aromatic carbocycles. The summed E-state index contributed by atoms with van der Waals surface area (Å²) in [6, 6.07) is 0. The van der Waals surface area contributed by atoms with E-state index in [0.29, 0.717) is 19.3 Å². The highest BCUT2D eigenvalue weighted by Crippen LogP contribution is 2.36. The summed E-state index contributed by atoms with van der Waals surface area (Å²) in [7, 11) is 0. The lowest BCUT2D eigenvalue weighted by molar-refractivity contribution is -0.159. The van der Waals surface area contributed by atoms with Crippen LogP contribution in [0.25, 0.3) is 0 Å². The van der Waals surface area contributed by atoms with E-state index in [1.165, 1.54) is 5.56 Å². The third-order valence-corrected chi connectivity index (χ3v) is 5.67. The standard InChI is InChI=1S/C20H34N2O4/c1-15(2)23-11-12-24-18-5-10-25-20(13-18)6-8-22(9-7-20)14-19-16(3)21-26-17(19)4/h15,18H,5-14H2,1-4H3. The second-order valence-electron chi connectivity index (χ2n) is 8.02. The molecule has 0 amide bonds. The minimum absolute atomic E-state index is 0.00292. The molecule has 3 rings (SSSR count). The van der Waals surface area contributed by atoms with Gasteiger partial charge in [0.1, 0.15) is 5.76 Å². The van der Waals surface area contributed by atoms with Gasteiger partial charge in [0.05, 0.1) is 36.7 Å². The Morgan fingerprint density at radius 1 is 1.23 bits per heavy atom. The molecule has 1 aromatic rings. The Morgan fingerprint density at radius 2 is 2.00 bits per heavy atom. The van der Waals surface area contributed by atoms with Crippen LogP contribution in [0.2, 0.25) is 0 Å². The van der Waals surface area contributed by atoms with Gasteiger partial charge in [-0.05, 0) is 47.0 Å². The van der Waals surface area contributed by atoms with Crippen LogP contribution in [-0.4, -0.2) is 60.8 Å². The van der Waals surface area contributed by atoms with Crippen molar-refractivity contribution in [3.63, 3.8) is 0 Å². The summed E-state index contributed by atoms with van der Waals surface area (Å²) in [4.78, 5) is 2.49. The molecule has 2 aliphatic heterocycles. The Bertz CT molecular complexity index is 545. The third-order valence-electron chi connectivity index (χ3n) is 5.67. The third kappa shape index (κ3) is 5.06. The number of piperidine rings is 1. The molecule has 0 N–H and O–H groups in total. The van der Waals surface area contributed by atoms with Crippen molar-refractivity contribution in [1.29, 1.82) is 0 Å². The molecule has 0 bridgehead atoms. The first-order valence-corrected chi connectivity index (χ1v) is 9.99.